The van der Waals surface area contributed by atoms with E-state index < -0.39 is 9.84 Å². The minimum Gasteiger partial charge on any atom is -0.377 e. The van der Waals surface area contributed by atoms with Gasteiger partial charge in [0.1, 0.15) is 5.82 Å². The molecule has 0 aliphatic carbocycles. The highest BCUT2D eigenvalue weighted by molar-refractivity contribution is 7.91. The Balaban J connectivity index is 1.68. The summed E-state index contributed by atoms with van der Waals surface area (Å²) in [7, 11) is 2.13. The van der Waals surface area contributed by atoms with Gasteiger partial charge in [-0.2, -0.15) is 0 Å². The van der Waals surface area contributed by atoms with Gasteiger partial charge in [0.15, 0.2) is 0 Å². The maximum absolute atomic E-state index is 13.7. The summed E-state index contributed by atoms with van der Waals surface area (Å²) in [5, 5.41) is 0.359. The van der Waals surface area contributed by atoms with Crippen LogP contribution in [-0.2, 0) is 29.1 Å². The molecule has 174 valence electrons. The third-order valence-corrected chi connectivity index (χ3v) is 8.37. The zero-order valence-corrected chi connectivity index (χ0v) is 20.7. The Morgan fingerprint density at radius 1 is 0.970 bits per heavy atom. The Morgan fingerprint density at radius 3 is 2.21 bits per heavy atom. The fourth-order valence-corrected chi connectivity index (χ4v) is 6.01. The summed E-state index contributed by atoms with van der Waals surface area (Å²) in [6.45, 7) is 1.87. The van der Waals surface area contributed by atoms with E-state index in [1.165, 1.54) is 17.7 Å². The van der Waals surface area contributed by atoms with Crippen molar-refractivity contribution in [3.8, 4) is 0 Å². The molecular formula is C26H28ClFN2O2S. The molecule has 0 bridgehead atoms. The van der Waals surface area contributed by atoms with Gasteiger partial charge in [-0.3, -0.25) is 0 Å². The van der Waals surface area contributed by atoms with Crippen molar-refractivity contribution in [1.82, 2.24) is 4.90 Å². The minimum atomic E-state index is -3.71. The van der Waals surface area contributed by atoms with Gasteiger partial charge in [-0.25, -0.2) is 12.8 Å². The number of anilines is 1. The topological polar surface area (TPSA) is 40.6 Å². The van der Waals surface area contributed by atoms with E-state index in [0.717, 1.165) is 42.6 Å². The molecule has 0 unspecified atom stereocenters. The summed E-state index contributed by atoms with van der Waals surface area (Å²) >= 11 is 6.15. The van der Waals surface area contributed by atoms with E-state index in [0.29, 0.717) is 22.0 Å². The van der Waals surface area contributed by atoms with Crippen LogP contribution in [0.1, 0.15) is 22.3 Å². The number of benzene rings is 3. The average molecular weight is 487 g/mol. The second kappa shape index (κ2) is 9.45. The number of fused-ring (bicyclic) bond motifs is 1. The van der Waals surface area contributed by atoms with Crippen LogP contribution in [0.25, 0.3) is 0 Å². The van der Waals surface area contributed by atoms with E-state index in [2.05, 4.69) is 11.9 Å². The lowest BCUT2D eigenvalue weighted by molar-refractivity contribution is 0.352. The first-order chi connectivity index (χ1) is 15.6. The van der Waals surface area contributed by atoms with Crippen molar-refractivity contribution in [2.24, 2.45) is 0 Å². The monoisotopic (exact) mass is 486 g/mol. The van der Waals surface area contributed by atoms with Gasteiger partial charge < -0.3 is 9.80 Å². The van der Waals surface area contributed by atoms with Gasteiger partial charge in [0.05, 0.1) is 15.5 Å². The standard InChI is InChI=1S/C26H28ClFN2O2S/c1-29(2)25-15-19-10-12-30(3)13-11-20(19)16-26(25)33(31,32)23-8-4-18(5-9-23)14-21-6-7-22(28)17-24(21)27/h4-9,15-17H,10-14H2,1-3H3. The van der Waals surface area contributed by atoms with Crippen LogP contribution in [0.5, 0.6) is 0 Å². The molecule has 33 heavy (non-hydrogen) atoms. The van der Waals surface area contributed by atoms with E-state index in [1.807, 2.05) is 31.1 Å². The summed E-state index contributed by atoms with van der Waals surface area (Å²) < 4.78 is 40.6. The molecule has 0 fully saturated rings. The molecule has 0 saturated heterocycles. The lowest BCUT2D eigenvalue weighted by Gasteiger charge is -2.21. The number of nitrogens with zero attached hydrogens (tertiary/aromatic N) is 2. The predicted octanol–water partition coefficient (Wildman–Crippen LogP) is 5.00. The van der Waals surface area contributed by atoms with Gasteiger partial charge in [0.25, 0.3) is 0 Å². The van der Waals surface area contributed by atoms with Gasteiger partial charge in [0.2, 0.25) is 9.84 Å². The fourth-order valence-electron chi connectivity index (χ4n) is 4.22. The van der Waals surface area contributed by atoms with Crippen LogP contribution in [-0.4, -0.2) is 47.6 Å². The highest BCUT2D eigenvalue weighted by Crippen LogP contribution is 2.34. The second-order valence-corrected chi connectivity index (χ2v) is 11.2. The summed E-state index contributed by atoms with van der Waals surface area (Å²) in [6.07, 6.45) is 2.24. The van der Waals surface area contributed by atoms with E-state index in [-0.39, 0.29) is 10.7 Å². The lowest BCUT2D eigenvalue weighted by atomic mass is 10.0. The largest absolute Gasteiger partial charge is 0.377 e. The van der Waals surface area contributed by atoms with Crippen molar-refractivity contribution in [3.63, 3.8) is 0 Å². The molecule has 7 heteroatoms. The molecular weight excluding hydrogens is 459 g/mol. The van der Waals surface area contributed by atoms with E-state index in [1.54, 1.807) is 30.3 Å². The lowest BCUT2D eigenvalue weighted by Crippen LogP contribution is -2.20. The maximum Gasteiger partial charge on any atom is 0.208 e. The minimum absolute atomic E-state index is 0.255. The Morgan fingerprint density at radius 2 is 1.61 bits per heavy atom. The van der Waals surface area contributed by atoms with Crippen molar-refractivity contribution in [3.05, 3.63) is 87.7 Å². The highest BCUT2D eigenvalue weighted by Gasteiger charge is 2.25. The van der Waals surface area contributed by atoms with E-state index in [9.17, 15) is 12.8 Å². The second-order valence-electron chi connectivity index (χ2n) is 8.85. The molecule has 4 rings (SSSR count). The fraction of sp³-hybridized carbons (Fsp3) is 0.308. The summed E-state index contributed by atoms with van der Waals surface area (Å²) in [5.41, 5.74) is 4.72. The zero-order chi connectivity index (χ0) is 23.8. The molecule has 0 N–H and O–H groups in total. The van der Waals surface area contributed by atoms with Crippen molar-refractivity contribution >= 4 is 27.1 Å². The molecule has 4 nitrogen and oxygen atoms in total. The van der Waals surface area contributed by atoms with Gasteiger partial charge in [-0.15, -0.1) is 0 Å². The molecule has 0 aromatic heterocycles. The Labute approximate surface area is 200 Å². The molecule has 1 aliphatic rings. The third kappa shape index (κ3) is 5.08. The molecule has 3 aromatic carbocycles. The molecule has 1 heterocycles. The van der Waals surface area contributed by atoms with Crippen LogP contribution in [0.15, 0.2) is 64.4 Å². The van der Waals surface area contributed by atoms with Crippen molar-refractivity contribution in [2.45, 2.75) is 29.1 Å². The van der Waals surface area contributed by atoms with Gasteiger partial charge in [-0.05, 0) is 85.0 Å². The van der Waals surface area contributed by atoms with Crippen LogP contribution in [0.4, 0.5) is 10.1 Å². The number of halogens is 2. The van der Waals surface area contributed by atoms with Gasteiger partial charge >= 0.3 is 0 Å². The van der Waals surface area contributed by atoms with Gasteiger partial charge in [0, 0.05) is 32.2 Å². The molecule has 1 aliphatic heterocycles. The Hall–Kier alpha value is -2.41. The third-order valence-electron chi connectivity index (χ3n) is 6.22. The van der Waals surface area contributed by atoms with Crippen LogP contribution in [0.2, 0.25) is 5.02 Å². The van der Waals surface area contributed by atoms with Gasteiger partial charge in [-0.1, -0.05) is 29.8 Å². The molecule has 3 aromatic rings. The van der Waals surface area contributed by atoms with Crippen molar-refractivity contribution in [1.29, 1.82) is 0 Å². The molecule has 0 saturated carbocycles. The van der Waals surface area contributed by atoms with E-state index in [4.69, 9.17) is 11.6 Å². The summed E-state index contributed by atoms with van der Waals surface area (Å²) in [4.78, 5) is 4.73. The smallest absolute Gasteiger partial charge is 0.208 e. The molecule has 0 spiro atoms. The number of rotatable bonds is 5. The quantitative estimate of drug-likeness (QED) is 0.509. The normalized spacial score (nSPS) is 14.6. The number of likely N-dealkylation sites (N-methyl/N-ethyl adjacent to an activating group) is 1. The van der Waals surface area contributed by atoms with Crippen molar-refractivity contribution < 1.29 is 12.8 Å². The van der Waals surface area contributed by atoms with Crippen molar-refractivity contribution in [2.75, 3.05) is 39.1 Å². The first-order valence-corrected chi connectivity index (χ1v) is 12.8. The average Bonchev–Trinajstić information content (AvgIpc) is 2.96. The predicted molar refractivity (Wildman–Crippen MR) is 132 cm³/mol. The van der Waals surface area contributed by atoms with E-state index >= 15 is 0 Å². The number of hydrogen-bond donors (Lipinski definition) is 0. The van der Waals surface area contributed by atoms with Crippen LogP contribution in [0, 0.1) is 5.82 Å². The van der Waals surface area contributed by atoms with Crippen LogP contribution >= 0.6 is 11.6 Å². The SMILES string of the molecule is CN1CCc2cc(N(C)C)c(S(=O)(=O)c3ccc(Cc4ccc(F)cc4Cl)cc3)cc2CC1. The van der Waals surface area contributed by atoms with Crippen LogP contribution in [0.3, 0.4) is 0 Å². The Bertz CT molecular complexity index is 1270. The number of hydrogen-bond acceptors (Lipinski definition) is 4. The summed E-state index contributed by atoms with van der Waals surface area (Å²) in [6, 6.07) is 15.1. The zero-order valence-electron chi connectivity index (χ0n) is 19.1. The Kier molecular flexibility index (Phi) is 6.80. The van der Waals surface area contributed by atoms with Crippen LogP contribution < -0.4 is 4.90 Å². The number of sulfone groups is 1. The maximum atomic E-state index is 13.7. The highest BCUT2D eigenvalue weighted by atomic mass is 35.5. The summed E-state index contributed by atoms with van der Waals surface area (Å²) in [5.74, 6) is -0.380. The first-order valence-electron chi connectivity index (χ1n) is 10.9. The molecule has 0 radical (unpaired) electrons. The molecule has 0 atom stereocenters. The molecule has 0 amide bonds. The first kappa shape index (κ1) is 23.7.